The van der Waals surface area contributed by atoms with Gasteiger partial charge in [-0.05, 0) is 128 Å². The van der Waals surface area contributed by atoms with Gasteiger partial charge >= 0.3 is 17.9 Å². The Hall–Kier alpha value is -4.97. The van der Waals surface area contributed by atoms with E-state index in [9.17, 15) is 14.4 Å². The third kappa shape index (κ3) is 57.8. The molecular formula is C67H104O6. The molecule has 73 heavy (non-hydrogen) atoms. The zero-order valence-corrected chi connectivity index (χ0v) is 46.6. The van der Waals surface area contributed by atoms with Crippen LogP contribution in [0.4, 0.5) is 0 Å². The van der Waals surface area contributed by atoms with Gasteiger partial charge in [0.2, 0.25) is 0 Å². The molecule has 6 heteroatoms. The molecule has 0 aliphatic carbocycles. The minimum Gasteiger partial charge on any atom is -0.462 e. The SMILES string of the molecule is CC/C=C\C/C=C\C/C=C\C/C=C\C/C=C\CCCCCCCC(=O)OCC(COC(=O)CC/C=C\C/C=C\C/C=C\C/C=C\CC)OC(=O)CCCCCCCCCC/C=C\C/C=C\C/C=C\C/C=C\CC. The number of hydrogen-bond donors (Lipinski definition) is 0. The quantitative estimate of drug-likeness (QED) is 0.0261. The maximum Gasteiger partial charge on any atom is 0.306 e. The first-order chi connectivity index (χ1) is 36.0. The molecule has 1 atom stereocenters. The van der Waals surface area contributed by atoms with E-state index in [1.165, 1.54) is 32.1 Å². The molecule has 0 aliphatic heterocycles. The maximum absolute atomic E-state index is 12.9. The van der Waals surface area contributed by atoms with E-state index in [2.05, 4.69) is 167 Å². The largest absolute Gasteiger partial charge is 0.462 e. The summed E-state index contributed by atoms with van der Waals surface area (Å²) in [7, 11) is 0. The third-order valence-corrected chi connectivity index (χ3v) is 11.5. The van der Waals surface area contributed by atoms with Gasteiger partial charge in [-0.2, -0.15) is 0 Å². The summed E-state index contributed by atoms with van der Waals surface area (Å²) >= 11 is 0. The predicted octanol–water partition coefficient (Wildman–Crippen LogP) is 19.8. The summed E-state index contributed by atoms with van der Waals surface area (Å²) in [4.78, 5) is 38.2. The molecular weight excluding hydrogens is 901 g/mol. The molecule has 0 aromatic carbocycles. The number of esters is 3. The molecule has 0 bridgehead atoms. The van der Waals surface area contributed by atoms with Gasteiger partial charge in [0.15, 0.2) is 6.10 Å². The second kappa shape index (κ2) is 59.6. The fourth-order valence-electron chi connectivity index (χ4n) is 7.30. The van der Waals surface area contributed by atoms with E-state index in [4.69, 9.17) is 14.2 Å². The van der Waals surface area contributed by atoms with Crippen molar-refractivity contribution >= 4 is 17.9 Å². The van der Waals surface area contributed by atoms with Gasteiger partial charge < -0.3 is 14.2 Å². The van der Waals surface area contributed by atoms with Crippen LogP contribution in [0.25, 0.3) is 0 Å². The molecule has 0 N–H and O–H groups in total. The number of carbonyl (C=O) groups is 3. The summed E-state index contributed by atoms with van der Waals surface area (Å²) < 4.78 is 16.8. The number of ether oxygens (including phenoxy) is 3. The monoisotopic (exact) mass is 1000 g/mol. The van der Waals surface area contributed by atoms with Crippen LogP contribution >= 0.6 is 0 Å². The van der Waals surface area contributed by atoms with Crippen molar-refractivity contribution in [2.75, 3.05) is 13.2 Å². The summed E-state index contributed by atoms with van der Waals surface area (Å²) in [5, 5.41) is 0. The first kappa shape index (κ1) is 68.0. The van der Waals surface area contributed by atoms with Gasteiger partial charge in [-0.15, -0.1) is 0 Å². The Morgan fingerprint density at radius 2 is 0.521 bits per heavy atom. The lowest BCUT2D eigenvalue weighted by atomic mass is 10.1. The van der Waals surface area contributed by atoms with Gasteiger partial charge in [-0.3, -0.25) is 14.4 Å². The predicted molar refractivity (Wildman–Crippen MR) is 315 cm³/mol. The van der Waals surface area contributed by atoms with Crippen LogP contribution in [-0.4, -0.2) is 37.2 Å². The zero-order chi connectivity index (χ0) is 52.9. The molecule has 0 aromatic rings. The highest BCUT2D eigenvalue weighted by atomic mass is 16.6. The van der Waals surface area contributed by atoms with Gasteiger partial charge in [-0.25, -0.2) is 0 Å². The Bertz CT molecular complexity index is 1670. The Balaban J connectivity index is 4.50. The van der Waals surface area contributed by atoms with Crippen LogP contribution < -0.4 is 0 Å². The van der Waals surface area contributed by atoms with E-state index in [-0.39, 0.29) is 37.5 Å². The lowest BCUT2D eigenvalue weighted by Gasteiger charge is -2.18. The van der Waals surface area contributed by atoms with Gasteiger partial charge in [0.25, 0.3) is 0 Å². The first-order valence-electron chi connectivity index (χ1n) is 29.0. The first-order valence-corrected chi connectivity index (χ1v) is 29.0. The highest BCUT2D eigenvalue weighted by molar-refractivity contribution is 5.71. The smallest absolute Gasteiger partial charge is 0.306 e. The average Bonchev–Trinajstić information content (AvgIpc) is 3.39. The molecule has 0 fully saturated rings. The molecule has 0 amide bonds. The van der Waals surface area contributed by atoms with E-state index < -0.39 is 6.10 Å². The van der Waals surface area contributed by atoms with E-state index >= 15 is 0 Å². The number of hydrogen-bond acceptors (Lipinski definition) is 6. The van der Waals surface area contributed by atoms with Crippen LogP contribution in [0.5, 0.6) is 0 Å². The Morgan fingerprint density at radius 3 is 0.849 bits per heavy atom. The van der Waals surface area contributed by atoms with Crippen molar-refractivity contribution in [3.8, 4) is 0 Å². The van der Waals surface area contributed by atoms with Crippen LogP contribution in [0.2, 0.25) is 0 Å². The molecule has 0 saturated heterocycles. The topological polar surface area (TPSA) is 78.9 Å². The van der Waals surface area contributed by atoms with Crippen LogP contribution in [0.3, 0.4) is 0 Å². The molecule has 408 valence electrons. The van der Waals surface area contributed by atoms with Crippen molar-refractivity contribution in [2.24, 2.45) is 0 Å². The van der Waals surface area contributed by atoms with E-state index in [1.807, 2.05) is 12.2 Å². The number of rotatable bonds is 50. The van der Waals surface area contributed by atoms with Gasteiger partial charge in [0.05, 0.1) is 0 Å². The molecule has 0 spiro atoms. The summed E-state index contributed by atoms with van der Waals surface area (Å²) in [5.74, 6) is -1.04. The normalized spacial score (nSPS) is 13.3. The third-order valence-electron chi connectivity index (χ3n) is 11.5. The molecule has 6 nitrogen and oxygen atoms in total. The Kier molecular flexibility index (Phi) is 55.5. The maximum atomic E-state index is 12.9. The highest BCUT2D eigenvalue weighted by Gasteiger charge is 2.19. The Labute approximate surface area is 448 Å². The van der Waals surface area contributed by atoms with Gasteiger partial charge in [-0.1, -0.05) is 237 Å². The average molecular weight is 1010 g/mol. The fraction of sp³-hybridized carbons (Fsp3) is 0.567. The minimum absolute atomic E-state index is 0.121. The highest BCUT2D eigenvalue weighted by Crippen LogP contribution is 2.13. The van der Waals surface area contributed by atoms with Crippen molar-refractivity contribution in [3.05, 3.63) is 158 Å². The molecule has 1 unspecified atom stereocenters. The molecule has 0 aliphatic rings. The molecule has 0 radical (unpaired) electrons. The van der Waals surface area contributed by atoms with Crippen molar-refractivity contribution in [2.45, 2.75) is 232 Å². The van der Waals surface area contributed by atoms with E-state index in [0.717, 1.165) is 148 Å². The number of allylic oxidation sites excluding steroid dienone is 26. The summed E-state index contributed by atoms with van der Waals surface area (Å²) in [6.07, 6.45) is 86.7. The van der Waals surface area contributed by atoms with Crippen LogP contribution in [0.1, 0.15) is 226 Å². The van der Waals surface area contributed by atoms with E-state index in [0.29, 0.717) is 19.3 Å². The summed E-state index contributed by atoms with van der Waals surface area (Å²) in [6.45, 7) is 6.19. The van der Waals surface area contributed by atoms with Crippen LogP contribution in [0.15, 0.2) is 158 Å². The second-order valence-electron chi connectivity index (χ2n) is 18.4. The zero-order valence-electron chi connectivity index (χ0n) is 46.6. The lowest BCUT2D eigenvalue weighted by Crippen LogP contribution is -2.30. The summed E-state index contributed by atoms with van der Waals surface area (Å²) in [6, 6.07) is 0. The molecule has 0 aromatic heterocycles. The van der Waals surface area contributed by atoms with Gasteiger partial charge in [0.1, 0.15) is 13.2 Å². The van der Waals surface area contributed by atoms with Crippen molar-refractivity contribution in [1.29, 1.82) is 0 Å². The standard InChI is InChI=1S/C67H104O6/c1-4-7-10-13-16-19-22-25-27-29-31-33-35-37-39-42-45-48-51-54-57-60-66(69)72-63-64(62-71-65(68)59-56-53-50-47-44-41-24-21-18-15-12-9-6-3)73-67(70)61-58-55-52-49-46-43-40-38-36-34-32-30-28-26-23-20-17-14-11-8-5-2/h7-12,16-21,25-28,31-34,37,39,41,44,50,53,64H,4-6,13-15,22-24,29-30,35-36,38,40,42-43,45-49,51-52,54-63H2,1-3H3/b10-7-,11-8-,12-9-,19-16-,20-17-,21-18-,27-25-,28-26-,33-31-,34-32-,39-37-,44-41-,53-50-. The van der Waals surface area contributed by atoms with E-state index in [1.54, 1.807) is 0 Å². The lowest BCUT2D eigenvalue weighted by molar-refractivity contribution is -0.166. The number of unbranched alkanes of at least 4 members (excludes halogenated alkanes) is 13. The Morgan fingerprint density at radius 1 is 0.274 bits per heavy atom. The van der Waals surface area contributed by atoms with Crippen molar-refractivity contribution in [3.63, 3.8) is 0 Å². The summed E-state index contributed by atoms with van der Waals surface area (Å²) in [5.41, 5.74) is 0. The molecule has 0 heterocycles. The van der Waals surface area contributed by atoms with Crippen molar-refractivity contribution < 1.29 is 28.6 Å². The fourth-order valence-corrected chi connectivity index (χ4v) is 7.30. The molecule has 0 rings (SSSR count). The second-order valence-corrected chi connectivity index (χ2v) is 18.4. The van der Waals surface area contributed by atoms with Crippen LogP contribution in [0, 0.1) is 0 Å². The van der Waals surface area contributed by atoms with Crippen molar-refractivity contribution in [1.82, 2.24) is 0 Å². The van der Waals surface area contributed by atoms with Gasteiger partial charge in [0, 0.05) is 19.3 Å². The minimum atomic E-state index is -0.828. The number of carbonyl (C=O) groups excluding carboxylic acids is 3. The molecule has 0 saturated carbocycles. The van der Waals surface area contributed by atoms with Crippen LogP contribution in [-0.2, 0) is 28.6 Å².